The van der Waals surface area contributed by atoms with Crippen molar-refractivity contribution in [2.45, 2.75) is 18.9 Å². The predicted octanol–water partition coefficient (Wildman–Crippen LogP) is -0.246. The lowest BCUT2D eigenvalue weighted by Crippen LogP contribution is -2.46. The third kappa shape index (κ3) is 8.04. The Hall–Kier alpha value is -1.97. The summed E-state index contributed by atoms with van der Waals surface area (Å²) in [4.78, 5) is 23.0. The van der Waals surface area contributed by atoms with Crippen molar-refractivity contribution in [3.05, 3.63) is 35.9 Å². The van der Waals surface area contributed by atoms with Gasteiger partial charge in [0.2, 0.25) is 15.9 Å². The molecule has 0 aliphatic carbocycles. The smallest absolute Gasteiger partial charge is 0.326 e. The maximum absolute atomic E-state index is 11.8. The second-order valence-electron chi connectivity index (χ2n) is 5.13. The molecule has 1 atom stereocenters. The summed E-state index contributed by atoms with van der Waals surface area (Å²) in [5.74, 6) is -2.05. The fourth-order valence-electron chi connectivity index (χ4n) is 1.94. The first-order chi connectivity index (χ1) is 11.3. The van der Waals surface area contributed by atoms with E-state index in [1.807, 2.05) is 0 Å². The molecule has 0 fully saturated rings. The van der Waals surface area contributed by atoms with Gasteiger partial charge in [-0.25, -0.2) is 17.9 Å². The fraction of sp³-hybridized carbons (Fsp3) is 0.467. The van der Waals surface area contributed by atoms with Crippen molar-refractivity contribution < 1.29 is 27.9 Å². The normalized spacial score (nSPS) is 12.5. The quantitative estimate of drug-likeness (QED) is 0.469. The number of benzene rings is 1. The SMILES string of the molecule is COCCCS(=O)(=O)NCC(=O)N[C@@H](Cc1ccccc1)C(=O)O. The Bertz CT molecular complexity index is 633. The first kappa shape index (κ1) is 20.1. The van der Waals surface area contributed by atoms with E-state index >= 15 is 0 Å². The summed E-state index contributed by atoms with van der Waals surface area (Å²) in [7, 11) is -2.14. The number of hydrogen-bond donors (Lipinski definition) is 3. The van der Waals surface area contributed by atoms with Crippen LogP contribution in [-0.2, 0) is 30.8 Å². The first-order valence-electron chi connectivity index (χ1n) is 7.36. The van der Waals surface area contributed by atoms with Crippen molar-refractivity contribution >= 4 is 21.9 Å². The lowest BCUT2D eigenvalue weighted by molar-refractivity contribution is -0.141. The Morgan fingerprint density at radius 3 is 2.50 bits per heavy atom. The Morgan fingerprint density at radius 2 is 1.92 bits per heavy atom. The van der Waals surface area contributed by atoms with Crippen molar-refractivity contribution in [3.8, 4) is 0 Å². The zero-order valence-corrected chi connectivity index (χ0v) is 14.2. The van der Waals surface area contributed by atoms with Crippen LogP contribution in [0.4, 0.5) is 0 Å². The number of rotatable bonds is 11. The van der Waals surface area contributed by atoms with Crippen molar-refractivity contribution in [3.63, 3.8) is 0 Å². The fourth-order valence-corrected chi connectivity index (χ4v) is 2.93. The van der Waals surface area contributed by atoms with E-state index in [1.165, 1.54) is 7.11 Å². The van der Waals surface area contributed by atoms with E-state index in [4.69, 9.17) is 4.74 Å². The van der Waals surface area contributed by atoms with Crippen LogP contribution in [0.2, 0.25) is 0 Å². The Labute approximate surface area is 141 Å². The summed E-state index contributed by atoms with van der Waals surface area (Å²) in [6.45, 7) is -0.209. The summed E-state index contributed by atoms with van der Waals surface area (Å²) < 4.78 is 30.2. The summed E-state index contributed by atoms with van der Waals surface area (Å²) in [5, 5.41) is 11.5. The van der Waals surface area contributed by atoms with E-state index in [1.54, 1.807) is 30.3 Å². The van der Waals surface area contributed by atoms with Crippen molar-refractivity contribution in [2.24, 2.45) is 0 Å². The summed E-state index contributed by atoms with van der Waals surface area (Å²) >= 11 is 0. The highest BCUT2D eigenvalue weighted by molar-refractivity contribution is 7.89. The van der Waals surface area contributed by atoms with Crippen LogP contribution in [0.5, 0.6) is 0 Å². The molecule has 9 heteroatoms. The molecule has 0 unspecified atom stereocenters. The molecule has 0 aliphatic rings. The first-order valence-corrected chi connectivity index (χ1v) is 9.01. The molecular formula is C15H22N2O6S. The molecule has 0 heterocycles. The van der Waals surface area contributed by atoms with Crippen LogP contribution in [0.1, 0.15) is 12.0 Å². The number of hydrogen-bond acceptors (Lipinski definition) is 5. The van der Waals surface area contributed by atoms with Gasteiger partial charge in [-0.1, -0.05) is 30.3 Å². The van der Waals surface area contributed by atoms with Gasteiger partial charge in [0.15, 0.2) is 0 Å². The second-order valence-corrected chi connectivity index (χ2v) is 7.06. The molecule has 3 N–H and O–H groups in total. The minimum Gasteiger partial charge on any atom is -0.480 e. The molecule has 1 aromatic rings. The zero-order chi connectivity index (χ0) is 18.0. The predicted molar refractivity (Wildman–Crippen MR) is 88.0 cm³/mol. The number of carboxylic acids is 1. The summed E-state index contributed by atoms with van der Waals surface area (Å²) in [6.07, 6.45) is 0.418. The molecule has 1 rings (SSSR count). The van der Waals surface area contributed by atoms with E-state index in [0.29, 0.717) is 13.0 Å². The van der Waals surface area contributed by atoms with Crippen LogP contribution in [0.3, 0.4) is 0 Å². The van der Waals surface area contributed by atoms with Crippen LogP contribution >= 0.6 is 0 Å². The van der Waals surface area contributed by atoms with Gasteiger partial charge in [-0.15, -0.1) is 0 Å². The number of nitrogens with one attached hydrogen (secondary N) is 2. The minimum absolute atomic E-state index is 0.114. The number of aliphatic carboxylic acids is 1. The topological polar surface area (TPSA) is 122 Å². The van der Waals surface area contributed by atoms with Crippen molar-refractivity contribution in [1.82, 2.24) is 10.0 Å². The maximum Gasteiger partial charge on any atom is 0.326 e. The molecule has 0 bridgehead atoms. The number of carbonyl (C=O) groups is 2. The molecule has 0 radical (unpaired) electrons. The number of amides is 1. The molecule has 1 aromatic carbocycles. The van der Waals surface area contributed by atoms with Crippen LogP contribution in [0.15, 0.2) is 30.3 Å². The molecular weight excluding hydrogens is 336 g/mol. The number of sulfonamides is 1. The highest BCUT2D eigenvalue weighted by Crippen LogP contribution is 2.03. The van der Waals surface area contributed by atoms with E-state index < -0.39 is 34.5 Å². The number of ether oxygens (including phenoxy) is 1. The lowest BCUT2D eigenvalue weighted by Gasteiger charge is -2.15. The van der Waals surface area contributed by atoms with Gasteiger partial charge >= 0.3 is 5.97 Å². The highest BCUT2D eigenvalue weighted by atomic mass is 32.2. The molecule has 134 valence electrons. The maximum atomic E-state index is 11.8. The third-order valence-electron chi connectivity index (χ3n) is 3.13. The third-order valence-corrected chi connectivity index (χ3v) is 4.54. The molecule has 0 aromatic heterocycles. The molecule has 8 nitrogen and oxygen atoms in total. The number of carbonyl (C=O) groups excluding carboxylic acids is 1. The van der Waals surface area contributed by atoms with Crippen molar-refractivity contribution in [1.29, 1.82) is 0 Å². The van der Waals surface area contributed by atoms with Crippen LogP contribution < -0.4 is 10.0 Å². The molecule has 24 heavy (non-hydrogen) atoms. The van der Waals surface area contributed by atoms with Gasteiger partial charge < -0.3 is 15.2 Å². The van der Waals surface area contributed by atoms with Crippen LogP contribution in [0.25, 0.3) is 0 Å². The van der Waals surface area contributed by atoms with Gasteiger partial charge in [-0.3, -0.25) is 4.79 Å². The summed E-state index contributed by atoms with van der Waals surface area (Å²) in [6, 6.07) is 7.71. The zero-order valence-electron chi connectivity index (χ0n) is 13.4. The summed E-state index contributed by atoms with van der Waals surface area (Å²) in [5.41, 5.74) is 0.755. The average molecular weight is 358 g/mol. The van der Waals surface area contributed by atoms with Gasteiger partial charge in [-0.05, 0) is 12.0 Å². The average Bonchev–Trinajstić information content (AvgIpc) is 2.53. The highest BCUT2D eigenvalue weighted by Gasteiger charge is 2.21. The monoisotopic (exact) mass is 358 g/mol. The molecule has 0 spiro atoms. The molecule has 0 aliphatic heterocycles. The van der Waals surface area contributed by atoms with E-state index in [0.717, 1.165) is 5.56 Å². The standard InChI is InChI=1S/C15H22N2O6S/c1-23-8-5-9-24(21,22)16-11-14(18)17-13(15(19)20)10-12-6-3-2-4-7-12/h2-4,6-7,13,16H,5,8-11H2,1H3,(H,17,18)(H,19,20)/t13-/m0/s1. The van der Waals surface area contributed by atoms with Crippen LogP contribution in [-0.4, -0.2) is 57.5 Å². The van der Waals surface area contributed by atoms with Crippen molar-refractivity contribution in [2.75, 3.05) is 26.0 Å². The molecule has 0 saturated heterocycles. The lowest BCUT2D eigenvalue weighted by atomic mass is 10.1. The van der Waals surface area contributed by atoms with E-state index in [2.05, 4.69) is 10.0 Å². The van der Waals surface area contributed by atoms with E-state index in [9.17, 15) is 23.1 Å². The van der Waals surface area contributed by atoms with E-state index in [-0.39, 0.29) is 12.2 Å². The minimum atomic E-state index is -3.60. The second kappa shape index (κ2) is 10.0. The largest absolute Gasteiger partial charge is 0.480 e. The Balaban J connectivity index is 2.50. The molecule has 1 amide bonds. The van der Waals surface area contributed by atoms with Gasteiger partial charge in [0, 0.05) is 20.1 Å². The Kier molecular flexibility index (Phi) is 8.37. The Morgan fingerprint density at radius 1 is 1.25 bits per heavy atom. The van der Waals surface area contributed by atoms with Crippen LogP contribution in [0, 0.1) is 0 Å². The number of carboxylic acid groups (broad SMARTS) is 1. The van der Waals surface area contributed by atoms with Gasteiger partial charge in [-0.2, -0.15) is 0 Å². The molecule has 0 saturated carbocycles. The van der Waals surface area contributed by atoms with Gasteiger partial charge in [0.05, 0.1) is 12.3 Å². The van der Waals surface area contributed by atoms with Gasteiger partial charge in [0.1, 0.15) is 6.04 Å². The van der Waals surface area contributed by atoms with Gasteiger partial charge in [0.25, 0.3) is 0 Å². The number of methoxy groups -OCH3 is 1.